The van der Waals surface area contributed by atoms with Crippen molar-refractivity contribution in [2.24, 2.45) is 0 Å². The molecule has 0 radical (unpaired) electrons. The van der Waals surface area contributed by atoms with Gasteiger partial charge in [0, 0.05) is 0 Å². The van der Waals surface area contributed by atoms with Crippen LogP contribution in [0.15, 0.2) is 43.0 Å². The van der Waals surface area contributed by atoms with Gasteiger partial charge in [0.05, 0.1) is 6.42 Å². The molecule has 0 aromatic heterocycles. The number of esters is 1. The molecule has 0 aliphatic rings. The van der Waals surface area contributed by atoms with Crippen LogP contribution in [-0.2, 0) is 25.7 Å². The van der Waals surface area contributed by atoms with E-state index in [-0.39, 0.29) is 13.2 Å². The summed E-state index contributed by atoms with van der Waals surface area (Å²) in [7, 11) is 0. The maximum Gasteiger partial charge on any atom is 0.408 e. The number of hydrogen-bond donors (Lipinski definition) is 2. The molecule has 0 aliphatic heterocycles. The van der Waals surface area contributed by atoms with Crippen LogP contribution in [0.1, 0.15) is 12.0 Å². The van der Waals surface area contributed by atoms with E-state index in [0.29, 0.717) is 0 Å². The molecule has 22 heavy (non-hydrogen) atoms. The zero-order valence-corrected chi connectivity index (χ0v) is 11.9. The number of carboxylic acid groups (broad SMARTS) is 1. The topological polar surface area (TPSA) is 102 Å². The first kappa shape index (κ1) is 17.2. The molecule has 1 aromatic rings. The number of nitrogens with one attached hydrogen (secondary N) is 1. The Balaban J connectivity index is 2.45. The minimum absolute atomic E-state index is 0.0000764. The van der Waals surface area contributed by atoms with Crippen molar-refractivity contribution in [1.82, 2.24) is 5.32 Å². The highest BCUT2D eigenvalue weighted by Crippen LogP contribution is 2.02. The van der Waals surface area contributed by atoms with Crippen LogP contribution in [0.5, 0.6) is 0 Å². The summed E-state index contributed by atoms with van der Waals surface area (Å²) in [6.07, 6.45) is -0.0634. The highest BCUT2D eigenvalue weighted by Gasteiger charge is 2.24. The second kappa shape index (κ2) is 9.17. The van der Waals surface area contributed by atoms with Gasteiger partial charge in [-0.3, -0.25) is 4.79 Å². The number of benzene rings is 1. The highest BCUT2D eigenvalue weighted by molar-refractivity contribution is 5.85. The van der Waals surface area contributed by atoms with E-state index in [1.54, 1.807) is 24.3 Å². The van der Waals surface area contributed by atoms with E-state index >= 15 is 0 Å². The van der Waals surface area contributed by atoms with Crippen LogP contribution in [0.4, 0.5) is 4.79 Å². The molecule has 1 aromatic carbocycles. The van der Waals surface area contributed by atoms with Crippen molar-refractivity contribution in [3.05, 3.63) is 48.6 Å². The second-order valence-corrected chi connectivity index (χ2v) is 4.27. The monoisotopic (exact) mass is 307 g/mol. The number of hydrogen-bond acceptors (Lipinski definition) is 5. The Morgan fingerprint density at radius 2 is 1.91 bits per heavy atom. The minimum atomic E-state index is -1.42. The fourth-order valence-corrected chi connectivity index (χ4v) is 1.48. The molecule has 7 nitrogen and oxygen atoms in total. The molecular weight excluding hydrogens is 290 g/mol. The van der Waals surface area contributed by atoms with Gasteiger partial charge in [-0.15, -0.1) is 0 Å². The lowest BCUT2D eigenvalue weighted by Crippen LogP contribution is -2.42. The van der Waals surface area contributed by atoms with Crippen molar-refractivity contribution < 1.29 is 29.0 Å². The summed E-state index contributed by atoms with van der Waals surface area (Å²) in [6.45, 7) is 3.34. The van der Waals surface area contributed by atoms with Crippen LogP contribution in [-0.4, -0.2) is 35.8 Å². The number of amides is 1. The van der Waals surface area contributed by atoms with Crippen molar-refractivity contribution in [3.63, 3.8) is 0 Å². The predicted octanol–water partition coefficient (Wildman–Crippen LogP) is 1.49. The first-order chi connectivity index (χ1) is 10.5. The first-order valence-electron chi connectivity index (χ1n) is 6.49. The molecule has 0 fully saturated rings. The van der Waals surface area contributed by atoms with Crippen LogP contribution >= 0.6 is 0 Å². The van der Waals surface area contributed by atoms with Crippen molar-refractivity contribution in [1.29, 1.82) is 0 Å². The molecule has 0 aliphatic carbocycles. The van der Waals surface area contributed by atoms with Gasteiger partial charge in [0.25, 0.3) is 0 Å². The van der Waals surface area contributed by atoms with Gasteiger partial charge in [0.1, 0.15) is 19.3 Å². The average Bonchev–Trinajstić information content (AvgIpc) is 2.51. The number of carbonyl (C=O) groups is 3. The Hall–Kier alpha value is -2.83. The largest absolute Gasteiger partial charge is 0.480 e. The number of carboxylic acids is 1. The number of carbonyl (C=O) groups excluding carboxylic acids is 2. The Labute approximate surface area is 127 Å². The first-order valence-corrected chi connectivity index (χ1v) is 6.49. The molecule has 7 heteroatoms. The molecule has 2 N–H and O–H groups in total. The van der Waals surface area contributed by atoms with Crippen molar-refractivity contribution in [3.8, 4) is 0 Å². The molecule has 0 spiro atoms. The van der Waals surface area contributed by atoms with E-state index in [0.717, 1.165) is 5.56 Å². The van der Waals surface area contributed by atoms with Crippen molar-refractivity contribution >= 4 is 18.0 Å². The molecule has 0 bridgehead atoms. The molecule has 1 rings (SSSR count). The van der Waals surface area contributed by atoms with E-state index in [9.17, 15) is 14.4 Å². The standard InChI is InChI=1S/C15H17NO6/c1-2-8-21-13(17)9-12(14(18)19)16-15(20)22-10-11-6-4-3-5-7-11/h2-7,12H,1,8-10H2,(H,16,20)(H,18,19). The maximum atomic E-state index is 11.6. The summed E-state index contributed by atoms with van der Waals surface area (Å²) in [4.78, 5) is 33.9. The van der Waals surface area contributed by atoms with Gasteiger partial charge in [-0.1, -0.05) is 43.0 Å². The van der Waals surface area contributed by atoms with Crippen LogP contribution in [0.2, 0.25) is 0 Å². The van der Waals surface area contributed by atoms with Gasteiger partial charge < -0.3 is 19.9 Å². The average molecular weight is 307 g/mol. The third-order valence-electron chi connectivity index (χ3n) is 2.54. The molecule has 1 atom stereocenters. The SMILES string of the molecule is C=CCOC(=O)CC(NC(=O)OCc1ccccc1)C(=O)O. The Bertz CT molecular complexity index is 528. The van der Waals surface area contributed by atoms with E-state index in [2.05, 4.69) is 16.6 Å². The van der Waals surface area contributed by atoms with Crippen molar-refractivity contribution in [2.45, 2.75) is 19.1 Å². The van der Waals surface area contributed by atoms with Gasteiger partial charge >= 0.3 is 18.0 Å². The summed E-state index contributed by atoms with van der Waals surface area (Å²) < 4.78 is 9.56. The predicted molar refractivity (Wildman–Crippen MR) is 77.0 cm³/mol. The molecule has 118 valence electrons. The minimum Gasteiger partial charge on any atom is -0.480 e. The van der Waals surface area contributed by atoms with Crippen LogP contribution in [0.25, 0.3) is 0 Å². The van der Waals surface area contributed by atoms with Crippen LogP contribution < -0.4 is 5.32 Å². The van der Waals surface area contributed by atoms with E-state index < -0.39 is 30.5 Å². The molecule has 1 amide bonds. The maximum absolute atomic E-state index is 11.6. The summed E-state index contributed by atoms with van der Waals surface area (Å²) in [5.41, 5.74) is 0.759. The Morgan fingerprint density at radius 3 is 2.50 bits per heavy atom. The van der Waals surface area contributed by atoms with Gasteiger partial charge in [0.15, 0.2) is 0 Å². The fourth-order valence-electron chi connectivity index (χ4n) is 1.48. The van der Waals surface area contributed by atoms with Gasteiger partial charge in [-0.05, 0) is 5.56 Å². The molecule has 1 unspecified atom stereocenters. The smallest absolute Gasteiger partial charge is 0.408 e. The van der Waals surface area contributed by atoms with E-state index in [1.807, 2.05) is 6.07 Å². The van der Waals surface area contributed by atoms with Crippen molar-refractivity contribution in [2.75, 3.05) is 6.61 Å². The molecular formula is C15H17NO6. The number of aliphatic carboxylic acids is 1. The van der Waals surface area contributed by atoms with E-state index in [4.69, 9.17) is 9.84 Å². The number of rotatable bonds is 8. The third-order valence-corrected chi connectivity index (χ3v) is 2.54. The quantitative estimate of drug-likeness (QED) is 0.557. The molecule has 0 saturated carbocycles. The fraction of sp³-hybridized carbons (Fsp3) is 0.267. The second-order valence-electron chi connectivity index (χ2n) is 4.27. The zero-order chi connectivity index (χ0) is 16.4. The molecule has 0 saturated heterocycles. The van der Waals surface area contributed by atoms with Gasteiger partial charge in [0.2, 0.25) is 0 Å². The Morgan fingerprint density at radius 1 is 1.23 bits per heavy atom. The summed E-state index contributed by atoms with van der Waals surface area (Å²) in [6, 6.07) is 7.49. The van der Waals surface area contributed by atoms with Crippen LogP contribution in [0, 0.1) is 0 Å². The third kappa shape index (κ3) is 6.56. The summed E-state index contributed by atoms with van der Waals surface area (Å²) in [5.74, 6) is -2.11. The van der Waals surface area contributed by atoms with Gasteiger partial charge in [-0.25, -0.2) is 9.59 Å². The Kier molecular flexibility index (Phi) is 7.18. The lowest BCUT2D eigenvalue weighted by molar-refractivity contribution is -0.148. The van der Waals surface area contributed by atoms with E-state index in [1.165, 1.54) is 6.08 Å². The highest BCUT2D eigenvalue weighted by atomic mass is 16.5. The summed E-state index contributed by atoms with van der Waals surface area (Å²) in [5, 5.41) is 11.1. The lowest BCUT2D eigenvalue weighted by atomic mass is 10.2. The normalized spacial score (nSPS) is 11.1. The molecule has 0 heterocycles. The van der Waals surface area contributed by atoms with Gasteiger partial charge in [-0.2, -0.15) is 0 Å². The number of ether oxygens (including phenoxy) is 2. The van der Waals surface area contributed by atoms with Crippen LogP contribution in [0.3, 0.4) is 0 Å². The zero-order valence-electron chi connectivity index (χ0n) is 11.9. The number of alkyl carbamates (subject to hydrolysis) is 1. The summed E-state index contributed by atoms with van der Waals surface area (Å²) >= 11 is 0. The lowest BCUT2D eigenvalue weighted by Gasteiger charge is -2.13.